The number of rotatable bonds is 7. The first-order chi connectivity index (χ1) is 29.2. The second-order valence-corrected chi connectivity index (χ2v) is 15.8. The SMILES string of the molecule is c1ccc(-c2ccc(-c3cc(-c4ccc(-c5ccccc5)cc4)nc(-c4ccc(-c5cccc6nc(-c7ccccc7)c7c8ccccc8sc7c56)cc4)n3)cc2)cc1. The van der Waals surface area contributed by atoms with Crippen molar-refractivity contribution >= 4 is 42.4 Å². The molecule has 4 heteroatoms. The number of thiophene rings is 1. The van der Waals surface area contributed by atoms with Crippen molar-refractivity contribution in [2.24, 2.45) is 0 Å². The molecule has 0 saturated carbocycles. The standard InChI is InChI=1S/C55H35N3S/c1-4-13-36(14-5-1)38-23-29-41(30-24-38)48-35-49(42-31-25-39(26-32-42)37-15-6-2-7-16-37)58-55(57-48)44-33-27-40(28-34-44)45-20-12-21-47-51(45)54-52(46-19-10-11-22-50(46)59-54)53(56-47)43-17-8-3-9-18-43/h1-35H. The number of hydrogen-bond acceptors (Lipinski definition) is 4. The van der Waals surface area contributed by atoms with Crippen LogP contribution in [0.1, 0.15) is 0 Å². The van der Waals surface area contributed by atoms with Crippen LogP contribution in [0.15, 0.2) is 212 Å². The minimum Gasteiger partial charge on any atom is -0.247 e. The highest BCUT2D eigenvalue weighted by Gasteiger charge is 2.19. The van der Waals surface area contributed by atoms with Crippen LogP contribution in [-0.4, -0.2) is 15.0 Å². The van der Waals surface area contributed by atoms with Crippen molar-refractivity contribution in [1.29, 1.82) is 0 Å². The molecule has 276 valence electrons. The summed E-state index contributed by atoms with van der Waals surface area (Å²) >= 11 is 1.85. The van der Waals surface area contributed by atoms with E-state index in [9.17, 15) is 0 Å². The Balaban J connectivity index is 1.02. The minimum absolute atomic E-state index is 0.683. The van der Waals surface area contributed by atoms with Crippen molar-refractivity contribution in [2.45, 2.75) is 0 Å². The van der Waals surface area contributed by atoms with E-state index in [0.717, 1.165) is 56.0 Å². The normalized spacial score (nSPS) is 11.4. The number of pyridine rings is 1. The quantitative estimate of drug-likeness (QED) is 0.162. The maximum absolute atomic E-state index is 5.36. The molecule has 0 fully saturated rings. The summed E-state index contributed by atoms with van der Waals surface area (Å²) in [5.41, 5.74) is 14.9. The average molecular weight is 770 g/mol. The molecular weight excluding hydrogens is 735 g/mol. The van der Waals surface area contributed by atoms with E-state index in [1.807, 2.05) is 23.5 Å². The van der Waals surface area contributed by atoms with E-state index >= 15 is 0 Å². The number of nitrogens with zero attached hydrogens (tertiary/aromatic N) is 3. The molecule has 0 bridgehead atoms. The monoisotopic (exact) mass is 769 g/mol. The van der Waals surface area contributed by atoms with Gasteiger partial charge in [0.2, 0.25) is 0 Å². The molecule has 8 aromatic carbocycles. The van der Waals surface area contributed by atoms with E-state index in [2.05, 4.69) is 200 Å². The van der Waals surface area contributed by atoms with Crippen molar-refractivity contribution in [3.05, 3.63) is 212 Å². The average Bonchev–Trinajstić information content (AvgIpc) is 3.72. The maximum Gasteiger partial charge on any atom is 0.160 e. The lowest BCUT2D eigenvalue weighted by Gasteiger charge is -2.13. The summed E-state index contributed by atoms with van der Waals surface area (Å²) < 4.78 is 2.52. The highest BCUT2D eigenvalue weighted by atomic mass is 32.1. The predicted octanol–water partition coefficient (Wildman–Crippen LogP) is 15.1. The molecule has 11 aromatic rings. The van der Waals surface area contributed by atoms with Crippen LogP contribution < -0.4 is 0 Å². The second kappa shape index (κ2) is 14.8. The Kier molecular flexibility index (Phi) is 8.68. The first kappa shape index (κ1) is 34.7. The highest BCUT2D eigenvalue weighted by molar-refractivity contribution is 7.26. The third kappa shape index (κ3) is 6.46. The van der Waals surface area contributed by atoms with Gasteiger partial charge < -0.3 is 0 Å². The summed E-state index contributed by atoms with van der Waals surface area (Å²) in [6.45, 7) is 0. The Morgan fingerprint density at radius 3 is 1.39 bits per heavy atom. The number of hydrogen-bond donors (Lipinski definition) is 0. The Hall–Kier alpha value is -7.53. The Bertz CT molecular complexity index is 3170. The summed E-state index contributed by atoms with van der Waals surface area (Å²) in [6, 6.07) is 74.8. The van der Waals surface area contributed by atoms with E-state index in [4.69, 9.17) is 15.0 Å². The zero-order chi connectivity index (χ0) is 39.1. The molecular formula is C55H35N3S. The zero-order valence-electron chi connectivity index (χ0n) is 32.0. The van der Waals surface area contributed by atoms with E-state index in [0.29, 0.717) is 5.82 Å². The van der Waals surface area contributed by atoms with Gasteiger partial charge in [0, 0.05) is 47.8 Å². The topological polar surface area (TPSA) is 38.7 Å². The molecule has 0 aliphatic carbocycles. The number of fused-ring (bicyclic) bond motifs is 5. The van der Waals surface area contributed by atoms with Crippen molar-refractivity contribution in [3.63, 3.8) is 0 Å². The number of aromatic nitrogens is 3. The van der Waals surface area contributed by atoms with Crippen LogP contribution >= 0.6 is 11.3 Å². The summed E-state index contributed by atoms with van der Waals surface area (Å²) in [6.07, 6.45) is 0. The molecule has 0 N–H and O–H groups in total. The van der Waals surface area contributed by atoms with Gasteiger partial charge in [0.25, 0.3) is 0 Å². The van der Waals surface area contributed by atoms with Gasteiger partial charge >= 0.3 is 0 Å². The van der Waals surface area contributed by atoms with Gasteiger partial charge in [-0.2, -0.15) is 0 Å². The van der Waals surface area contributed by atoms with Crippen molar-refractivity contribution in [2.75, 3.05) is 0 Å². The molecule has 3 nitrogen and oxygen atoms in total. The Morgan fingerprint density at radius 2 is 0.797 bits per heavy atom. The lowest BCUT2D eigenvalue weighted by atomic mass is 9.96. The molecule has 0 aliphatic heterocycles. The molecule has 3 aromatic heterocycles. The zero-order valence-corrected chi connectivity index (χ0v) is 32.8. The summed E-state index contributed by atoms with van der Waals surface area (Å²) in [5, 5.41) is 3.62. The van der Waals surface area contributed by atoms with Gasteiger partial charge in [-0.25, -0.2) is 15.0 Å². The second-order valence-electron chi connectivity index (χ2n) is 14.8. The van der Waals surface area contributed by atoms with Crippen LogP contribution in [-0.2, 0) is 0 Å². The van der Waals surface area contributed by atoms with Crippen molar-refractivity contribution < 1.29 is 0 Å². The molecule has 0 spiro atoms. The molecule has 0 amide bonds. The summed E-state index contributed by atoms with van der Waals surface area (Å²) in [4.78, 5) is 15.8. The van der Waals surface area contributed by atoms with Gasteiger partial charge in [0.05, 0.1) is 22.6 Å². The third-order valence-electron chi connectivity index (χ3n) is 11.1. The van der Waals surface area contributed by atoms with Crippen LogP contribution in [0.5, 0.6) is 0 Å². The van der Waals surface area contributed by atoms with E-state index < -0.39 is 0 Å². The van der Waals surface area contributed by atoms with Crippen LogP contribution in [0.2, 0.25) is 0 Å². The molecule has 0 saturated heterocycles. The number of benzene rings is 8. The van der Waals surface area contributed by atoms with Gasteiger partial charge in [-0.05, 0) is 51.6 Å². The molecule has 0 unspecified atom stereocenters. The molecule has 11 rings (SSSR count). The molecule has 59 heavy (non-hydrogen) atoms. The van der Waals surface area contributed by atoms with Crippen LogP contribution in [0.25, 0.3) is 110 Å². The van der Waals surface area contributed by atoms with Crippen LogP contribution in [0, 0.1) is 0 Å². The molecule has 0 atom stereocenters. The smallest absolute Gasteiger partial charge is 0.160 e. The summed E-state index contributed by atoms with van der Waals surface area (Å²) in [5.74, 6) is 0.683. The molecule has 3 heterocycles. The van der Waals surface area contributed by atoms with Crippen molar-refractivity contribution in [1.82, 2.24) is 15.0 Å². The Labute approximate surface area is 346 Å². The first-order valence-corrected chi connectivity index (χ1v) is 20.7. The largest absolute Gasteiger partial charge is 0.247 e. The lowest BCUT2D eigenvalue weighted by molar-refractivity contribution is 1.18. The fourth-order valence-corrected chi connectivity index (χ4v) is 9.42. The van der Waals surface area contributed by atoms with Crippen molar-refractivity contribution in [3.8, 4) is 78.5 Å². The predicted molar refractivity (Wildman–Crippen MR) is 248 cm³/mol. The minimum atomic E-state index is 0.683. The van der Waals surface area contributed by atoms with Crippen LogP contribution in [0.4, 0.5) is 0 Å². The molecule has 0 aliphatic rings. The fourth-order valence-electron chi connectivity index (χ4n) is 8.15. The maximum atomic E-state index is 5.36. The summed E-state index contributed by atoms with van der Waals surface area (Å²) in [7, 11) is 0. The van der Waals surface area contributed by atoms with E-state index in [1.165, 1.54) is 47.8 Å². The van der Waals surface area contributed by atoms with Gasteiger partial charge in [0.1, 0.15) is 0 Å². The third-order valence-corrected chi connectivity index (χ3v) is 12.3. The van der Waals surface area contributed by atoms with Gasteiger partial charge in [-0.15, -0.1) is 11.3 Å². The van der Waals surface area contributed by atoms with Crippen LogP contribution in [0.3, 0.4) is 0 Å². The lowest BCUT2D eigenvalue weighted by Crippen LogP contribution is -1.96. The first-order valence-electron chi connectivity index (χ1n) is 19.8. The van der Waals surface area contributed by atoms with Gasteiger partial charge in [-0.1, -0.05) is 194 Å². The van der Waals surface area contributed by atoms with E-state index in [1.54, 1.807) is 0 Å². The van der Waals surface area contributed by atoms with E-state index in [-0.39, 0.29) is 0 Å². The Morgan fingerprint density at radius 1 is 0.322 bits per heavy atom. The fraction of sp³-hybridized carbons (Fsp3) is 0. The molecule has 0 radical (unpaired) electrons. The van der Waals surface area contributed by atoms with Gasteiger partial charge in [0.15, 0.2) is 5.82 Å². The highest BCUT2D eigenvalue weighted by Crippen LogP contribution is 2.45. The van der Waals surface area contributed by atoms with Gasteiger partial charge in [-0.3, -0.25) is 0 Å².